The molecule has 0 amide bonds. The maximum Gasteiger partial charge on any atom is 0.176 e. The van der Waals surface area contributed by atoms with E-state index >= 15 is 0 Å². The summed E-state index contributed by atoms with van der Waals surface area (Å²) in [6.45, 7) is 3.18. The molecule has 0 aliphatic heterocycles. The minimum absolute atomic E-state index is 0.0219. The standard InChI is InChI=1S/C15H18N2O3/c1-2-19-15-6-5-11(8-13(15)16)14(18)10-17-9-12-4-3-7-20-12/h3-8,17H,2,9-10,16H2,1H3. The van der Waals surface area contributed by atoms with Crippen LogP contribution in [0.1, 0.15) is 23.0 Å². The van der Waals surface area contributed by atoms with Crippen molar-refractivity contribution in [3.8, 4) is 5.75 Å². The van der Waals surface area contributed by atoms with Gasteiger partial charge >= 0.3 is 0 Å². The number of Topliss-reactive ketones (excluding diaryl/α,β-unsaturated/α-hetero) is 1. The molecule has 5 nitrogen and oxygen atoms in total. The highest BCUT2D eigenvalue weighted by molar-refractivity contribution is 5.98. The summed E-state index contributed by atoms with van der Waals surface area (Å²) >= 11 is 0. The first-order valence-corrected chi connectivity index (χ1v) is 6.49. The summed E-state index contributed by atoms with van der Waals surface area (Å²) in [5.41, 5.74) is 6.88. The van der Waals surface area contributed by atoms with Crippen LogP contribution in [0.2, 0.25) is 0 Å². The van der Waals surface area contributed by atoms with Gasteiger partial charge in [0.25, 0.3) is 0 Å². The van der Waals surface area contributed by atoms with Gasteiger partial charge in [0.15, 0.2) is 5.78 Å². The summed E-state index contributed by atoms with van der Waals surface area (Å²) in [6.07, 6.45) is 1.60. The zero-order chi connectivity index (χ0) is 14.4. The zero-order valence-corrected chi connectivity index (χ0v) is 11.4. The van der Waals surface area contributed by atoms with Crippen LogP contribution in [0.25, 0.3) is 0 Å². The molecule has 0 unspecified atom stereocenters. The number of carbonyl (C=O) groups excluding carboxylic acids is 1. The fourth-order valence-corrected chi connectivity index (χ4v) is 1.82. The number of hydrogen-bond donors (Lipinski definition) is 2. The average Bonchev–Trinajstić information content (AvgIpc) is 2.94. The van der Waals surface area contributed by atoms with Crippen molar-refractivity contribution in [1.29, 1.82) is 0 Å². The van der Waals surface area contributed by atoms with Gasteiger partial charge in [-0.05, 0) is 37.3 Å². The summed E-state index contributed by atoms with van der Waals surface area (Å²) in [4.78, 5) is 12.0. The van der Waals surface area contributed by atoms with Gasteiger partial charge in [0.2, 0.25) is 0 Å². The molecular formula is C15H18N2O3. The molecule has 0 bridgehead atoms. The Morgan fingerprint density at radius 2 is 2.25 bits per heavy atom. The minimum atomic E-state index is -0.0219. The number of anilines is 1. The molecule has 0 aliphatic carbocycles. The van der Waals surface area contributed by atoms with Crippen LogP contribution >= 0.6 is 0 Å². The van der Waals surface area contributed by atoms with E-state index in [2.05, 4.69) is 5.32 Å². The van der Waals surface area contributed by atoms with E-state index in [0.29, 0.717) is 30.2 Å². The smallest absolute Gasteiger partial charge is 0.176 e. The van der Waals surface area contributed by atoms with Gasteiger partial charge in [-0.2, -0.15) is 0 Å². The Morgan fingerprint density at radius 3 is 2.90 bits per heavy atom. The summed E-state index contributed by atoms with van der Waals surface area (Å²) in [6, 6.07) is 8.75. The Morgan fingerprint density at radius 1 is 1.40 bits per heavy atom. The maximum atomic E-state index is 12.0. The van der Waals surface area contributed by atoms with E-state index in [9.17, 15) is 4.79 Å². The summed E-state index contributed by atoms with van der Waals surface area (Å²) in [7, 11) is 0. The van der Waals surface area contributed by atoms with E-state index in [-0.39, 0.29) is 12.3 Å². The van der Waals surface area contributed by atoms with Crippen molar-refractivity contribution in [2.45, 2.75) is 13.5 Å². The Balaban J connectivity index is 1.90. The number of benzene rings is 1. The molecule has 3 N–H and O–H groups in total. The fourth-order valence-electron chi connectivity index (χ4n) is 1.82. The van der Waals surface area contributed by atoms with Crippen LogP contribution in [-0.2, 0) is 6.54 Å². The Bertz CT molecular complexity index is 565. The lowest BCUT2D eigenvalue weighted by Crippen LogP contribution is -2.22. The number of ether oxygens (including phenoxy) is 1. The first-order valence-electron chi connectivity index (χ1n) is 6.49. The van der Waals surface area contributed by atoms with E-state index in [1.54, 1.807) is 24.5 Å². The highest BCUT2D eigenvalue weighted by Crippen LogP contribution is 2.22. The third-order valence-electron chi connectivity index (χ3n) is 2.80. The number of nitrogens with two attached hydrogens (primary N) is 1. The molecule has 0 aliphatic rings. The number of nitrogens with one attached hydrogen (secondary N) is 1. The molecule has 1 aromatic carbocycles. The van der Waals surface area contributed by atoms with Gasteiger partial charge in [-0.15, -0.1) is 0 Å². The molecule has 0 saturated heterocycles. The molecule has 0 saturated carbocycles. The van der Waals surface area contributed by atoms with Crippen molar-refractivity contribution in [1.82, 2.24) is 5.32 Å². The van der Waals surface area contributed by atoms with E-state index in [1.165, 1.54) is 0 Å². The second-order valence-electron chi connectivity index (χ2n) is 4.29. The van der Waals surface area contributed by atoms with E-state index < -0.39 is 0 Å². The molecule has 5 heteroatoms. The van der Waals surface area contributed by atoms with Crippen molar-refractivity contribution < 1.29 is 13.9 Å². The molecule has 0 fully saturated rings. The molecule has 20 heavy (non-hydrogen) atoms. The Kier molecular flexibility index (Phi) is 4.79. The van der Waals surface area contributed by atoms with Gasteiger partial charge < -0.3 is 20.2 Å². The molecular weight excluding hydrogens is 256 g/mol. The first kappa shape index (κ1) is 14.1. The van der Waals surface area contributed by atoms with Gasteiger partial charge in [0.1, 0.15) is 11.5 Å². The lowest BCUT2D eigenvalue weighted by molar-refractivity contribution is 0.0990. The minimum Gasteiger partial charge on any atom is -0.492 e. The molecule has 0 atom stereocenters. The lowest BCUT2D eigenvalue weighted by Gasteiger charge is -2.08. The lowest BCUT2D eigenvalue weighted by atomic mass is 10.1. The third kappa shape index (κ3) is 3.61. The SMILES string of the molecule is CCOc1ccc(C(=O)CNCc2ccco2)cc1N. The number of nitrogen functional groups attached to an aromatic ring is 1. The summed E-state index contributed by atoms with van der Waals surface area (Å²) in [5, 5.41) is 3.03. The van der Waals surface area contributed by atoms with Gasteiger partial charge in [-0.3, -0.25) is 4.79 Å². The van der Waals surface area contributed by atoms with Crippen molar-refractivity contribution in [2.24, 2.45) is 0 Å². The topological polar surface area (TPSA) is 77.5 Å². The van der Waals surface area contributed by atoms with Crippen LogP contribution in [-0.4, -0.2) is 18.9 Å². The highest BCUT2D eigenvalue weighted by atomic mass is 16.5. The number of rotatable bonds is 7. The van der Waals surface area contributed by atoms with Crippen molar-refractivity contribution in [3.63, 3.8) is 0 Å². The van der Waals surface area contributed by atoms with Gasteiger partial charge in [0, 0.05) is 5.56 Å². The predicted octanol–water partition coefficient (Wildman–Crippen LogP) is 2.23. The van der Waals surface area contributed by atoms with Gasteiger partial charge in [0.05, 0.1) is 31.6 Å². The first-order chi connectivity index (χ1) is 9.70. The molecule has 2 rings (SSSR count). The third-order valence-corrected chi connectivity index (χ3v) is 2.80. The van der Waals surface area contributed by atoms with E-state index in [4.69, 9.17) is 14.9 Å². The molecule has 0 spiro atoms. The molecule has 106 valence electrons. The average molecular weight is 274 g/mol. The fraction of sp³-hybridized carbons (Fsp3) is 0.267. The van der Waals surface area contributed by atoms with Crippen molar-refractivity contribution in [2.75, 3.05) is 18.9 Å². The summed E-state index contributed by atoms with van der Waals surface area (Å²) in [5.74, 6) is 1.38. The second-order valence-corrected chi connectivity index (χ2v) is 4.29. The van der Waals surface area contributed by atoms with Gasteiger partial charge in [-0.25, -0.2) is 0 Å². The number of furan rings is 1. The summed E-state index contributed by atoms with van der Waals surface area (Å²) < 4.78 is 10.5. The van der Waals surface area contributed by atoms with Crippen LogP contribution in [0.4, 0.5) is 5.69 Å². The van der Waals surface area contributed by atoms with Gasteiger partial charge in [-0.1, -0.05) is 0 Å². The molecule has 2 aromatic rings. The normalized spacial score (nSPS) is 10.4. The number of hydrogen-bond acceptors (Lipinski definition) is 5. The zero-order valence-electron chi connectivity index (χ0n) is 11.4. The monoisotopic (exact) mass is 274 g/mol. The van der Waals surface area contributed by atoms with Crippen LogP contribution in [0.5, 0.6) is 5.75 Å². The van der Waals surface area contributed by atoms with Crippen LogP contribution < -0.4 is 15.8 Å². The molecule has 0 radical (unpaired) electrons. The van der Waals surface area contributed by atoms with Crippen LogP contribution in [0.3, 0.4) is 0 Å². The van der Waals surface area contributed by atoms with Crippen molar-refractivity contribution >= 4 is 11.5 Å². The second kappa shape index (κ2) is 6.77. The highest BCUT2D eigenvalue weighted by Gasteiger charge is 2.09. The Labute approximate surface area is 117 Å². The largest absolute Gasteiger partial charge is 0.492 e. The van der Waals surface area contributed by atoms with E-state index in [1.807, 2.05) is 19.1 Å². The number of carbonyl (C=O) groups is 1. The van der Waals surface area contributed by atoms with Crippen molar-refractivity contribution in [3.05, 3.63) is 47.9 Å². The maximum absolute atomic E-state index is 12.0. The predicted molar refractivity (Wildman–Crippen MR) is 76.8 cm³/mol. The molecule has 1 aromatic heterocycles. The van der Waals surface area contributed by atoms with E-state index in [0.717, 1.165) is 5.76 Å². The van der Waals surface area contributed by atoms with Crippen LogP contribution in [0.15, 0.2) is 41.0 Å². The molecule has 1 heterocycles. The Hall–Kier alpha value is -2.27. The number of ketones is 1. The van der Waals surface area contributed by atoms with Crippen LogP contribution in [0, 0.1) is 0 Å². The quantitative estimate of drug-likeness (QED) is 0.598.